The van der Waals surface area contributed by atoms with E-state index in [1.54, 1.807) is 0 Å². The summed E-state index contributed by atoms with van der Waals surface area (Å²) in [6, 6.07) is 0. The summed E-state index contributed by atoms with van der Waals surface area (Å²) < 4.78 is 0. The van der Waals surface area contributed by atoms with Crippen molar-refractivity contribution in [2.24, 2.45) is 11.7 Å². The van der Waals surface area contributed by atoms with Crippen molar-refractivity contribution in [1.82, 2.24) is 14.7 Å². The van der Waals surface area contributed by atoms with Crippen LogP contribution in [0.2, 0.25) is 0 Å². The summed E-state index contributed by atoms with van der Waals surface area (Å²) in [5.41, 5.74) is 6.49. The number of likely N-dealkylation sites (tertiary alicyclic amines) is 1. The normalized spacial score (nSPS) is 26.2. The summed E-state index contributed by atoms with van der Waals surface area (Å²) >= 11 is 0. The molecule has 2 fully saturated rings. The van der Waals surface area contributed by atoms with E-state index in [1.165, 1.54) is 65.2 Å². The maximum atomic E-state index is 6.21. The standard InChI is InChI=1S/C16H34N4/c1-4-18-9-11-20(12-10-18)16(14-17)5-7-19(8-6-16)13-15(2)3/h15H,4-14,17H2,1-3H3. The van der Waals surface area contributed by atoms with Crippen LogP contribution < -0.4 is 5.73 Å². The van der Waals surface area contributed by atoms with Crippen molar-refractivity contribution < 1.29 is 0 Å². The van der Waals surface area contributed by atoms with Gasteiger partial charge in [0.15, 0.2) is 0 Å². The number of rotatable bonds is 5. The number of piperazine rings is 1. The second-order valence-electron chi connectivity index (χ2n) is 7.04. The van der Waals surface area contributed by atoms with Crippen LogP contribution >= 0.6 is 0 Å². The Bertz CT molecular complexity index is 276. The predicted octanol–water partition coefficient (Wildman–Crippen LogP) is 1.07. The van der Waals surface area contributed by atoms with E-state index >= 15 is 0 Å². The first-order valence-electron chi connectivity index (χ1n) is 8.49. The Balaban J connectivity index is 1.88. The lowest BCUT2D eigenvalue weighted by molar-refractivity contribution is -0.00647. The van der Waals surface area contributed by atoms with Gasteiger partial charge in [-0.1, -0.05) is 20.8 Å². The second kappa shape index (κ2) is 7.21. The summed E-state index contributed by atoms with van der Waals surface area (Å²) in [7, 11) is 0. The largest absolute Gasteiger partial charge is 0.329 e. The molecule has 0 amide bonds. The molecule has 0 spiro atoms. The fraction of sp³-hybridized carbons (Fsp3) is 1.00. The Hall–Kier alpha value is -0.160. The molecule has 4 heteroatoms. The van der Waals surface area contributed by atoms with Crippen molar-refractivity contribution >= 4 is 0 Å². The maximum Gasteiger partial charge on any atom is 0.0357 e. The molecule has 2 aliphatic heterocycles. The van der Waals surface area contributed by atoms with Crippen molar-refractivity contribution in [2.75, 3.05) is 58.9 Å². The molecule has 0 atom stereocenters. The zero-order valence-electron chi connectivity index (χ0n) is 13.8. The van der Waals surface area contributed by atoms with Crippen molar-refractivity contribution in [3.63, 3.8) is 0 Å². The van der Waals surface area contributed by atoms with Crippen molar-refractivity contribution in [1.29, 1.82) is 0 Å². The van der Waals surface area contributed by atoms with Gasteiger partial charge in [0, 0.05) is 44.8 Å². The molecule has 2 rings (SSSR count). The highest BCUT2D eigenvalue weighted by molar-refractivity contribution is 4.98. The van der Waals surface area contributed by atoms with E-state index in [0.29, 0.717) is 0 Å². The molecule has 4 nitrogen and oxygen atoms in total. The monoisotopic (exact) mass is 282 g/mol. The van der Waals surface area contributed by atoms with Gasteiger partial charge in [0.2, 0.25) is 0 Å². The number of nitrogens with zero attached hydrogens (tertiary/aromatic N) is 3. The first kappa shape index (κ1) is 16.2. The molecule has 0 unspecified atom stereocenters. The molecule has 0 bridgehead atoms. The minimum Gasteiger partial charge on any atom is -0.329 e. The number of likely N-dealkylation sites (N-methyl/N-ethyl adjacent to an activating group) is 1. The average molecular weight is 282 g/mol. The third kappa shape index (κ3) is 3.73. The van der Waals surface area contributed by atoms with E-state index in [9.17, 15) is 0 Å². The lowest BCUT2D eigenvalue weighted by Gasteiger charge is -2.51. The van der Waals surface area contributed by atoms with Crippen LogP contribution in [0.15, 0.2) is 0 Å². The van der Waals surface area contributed by atoms with Gasteiger partial charge in [-0.3, -0.25) is 4.90 Å². The van der Waals surface area contributed by atoms with Crippen LogP contribution in [0, 0.1) is 5.92 Å². The van der Waals surface area contributed by atoms with Crippen LogP contribution in [0.1, 0.15) is 33.6 Å². The molecule has 2 saturated heterocycles. The van der Waals surface area contributed by atoms with Crippen LogP contribution in [-0.4, -0.2) is 79.1 Å². The molecule has 0 radical (unpaired) electrons. The van der Waals surface area contributed by atoms with Gasteiger partial charge in [0.25, 0.3) is 0 Å². The molecular formula is C16H34N4. The van der Waals surface area contributed by atoms with Gasteiger partial charge in [0.05, 0.1) is 0 Å². The molecule has 118 valence electrons. The first-order valence-corrected chi connectivity index (χ1v) is 8.49. The lowest BCUT2D eigenvalue weighted by Crippen LogP contribution is -2.63. The van der Waals surface area contributed by atoms with E-state index in [0.717, 1.165) is 12.5 Å². The van der Waals surface area contributed by atoms with Crippen molar-refractivity contribution in [2.45, 2.75) is 39.2 Å². The van der Waals surface area contributed by atoms with Gasteiger partial charge in [-0.25, -0.2) is 0 Å². The molecular weight excluding hydrogens is 248 g/mol. The zero-order chi connectivity index (χ0) is 14.6. The number of hydrogen-bond donors (Lipinski definition) is 1. The van der Waals surface area contributed by atoms with Gasteiger partial charge >= 0.3 is 0 Å². The topological polar surface area (TPSA) is 35.7 Å². The van der Waals surface area contributed by atoms with Crippen LogP contribution in [0.3, 0.4) is 0 Å². The Morgan fingerprint density at radius 2 is 1.55 bits per heavy atom. The summed E-state index contributed by atoms with van der Waals surface area (Å²) in [4.78, 5) is 7.88. The van der Waals surface area contributed by atoms with E-state index < -0.39 is 0 Å². The molecule has 2 aliphatic rings. The summed E-state index contributed by atoms with van der Waals surface area (Å²) in [5, 5.41) is 0. The highest BCUT2D eigenvalue weighted by Crippen LogP contribution is 2.29. The SMILES string of the molecule is CCN1CCN(C2(CN)CCN(CC(C)C)CC2)CC1. The van der Waals surface area contributed by atoms with Gasteiger partial charge in [-0.05, 0) is 38.4 Å². The summed E-state index contributed by atoms with van der Waals surface area (Å²) in [6.07, 6.45) is 2.50. The van der Waals surface area contributed by atoms with Crippen LogP contribution in [0.4, 0.5) is 0 Å². The molecule has 0 aromatic carbocycles. The van der Waals surface area contributed by atoms with Crippen LogP contribution in [0.5, 0.6) is 0 Å². The number of nitrogens with two attached hydrogens (primary N) is 1. The van der Waals surface area contributed by atoms with Crippen molar-refractivity contribution in [3.8, 4) is 0 Å². The Morgan fingerprint density at radius 1 is 0.950 bits per heavy atom. The van der Waals surface area contributed by atoms with Gasteiger partial charge in [-0.15, -0.1) is 0 Å². The van der Waals surface area contributed by atoms with E-state index in [4.69, 9.17) is 5.73 Å². The van der Waals surface area contributed by atoms with E-state index in [-0.39, 0.29) is 5.54 Å². The molecule has 2 heterocycles. The molecule has 20 heavy (non-hydrogen) atoms. The van der Waals surface area contributed by atoms with Crippen LogP contribution in [-0.2, 0) is 0 Å². The Morgan fingerprint density at radius 3 is 2.00 bits per heavy atom. The van der Waals surface area contributed by atoms with Gasteiger partial charge in [-0.2, -0.15) is 0 Å². The second-order valence-corrected chi connectivity index (χ2v) is 7.04. The Kier molecular flexibility index (Phi) is 5.84. The molecule has 0 aliphatic carbocycles. The third-order valence-corrected chi connectivity index (χ3v) is 5.28. The fourth-order valence-corrected chi connectivity index (χ4v) is 3.86. The summed E-state index contributed by atoms with van der Waals surface area (Å²) in [5.74, 6) is 0.772. The average Bonchev–Trinajstić information content (AvgIpc) is 2.48. The molecule has 0 saturated carbocycles. The van der Waals surface area contributed by atoms with Crippen molar-refractivity contribution in [3.05, 3.63) is 0 Å². The predicted molar refractivity (Wildman–Crippen MR) is 86.0 cm³/mol. The van der Waals surface area contributed by atoms with E-state index in [1.807, 2.05) is 0 Å². The third-order valence-electron chi connectivity index (χ3n) is 5.28. The molecule has 0 aromatic rings. The maximum absolute atomic E-state index is 6.21. The number of hydrogen-bond acceptors (Lipinski definition) is 4. The zero-order valence-corrected chi connectivity index (χ0v) is 13.8. The highest BCUT2D eigenvalue weighted by atomic mass is 15.3. The summed E-state index contributed by atoms with van der Waals surface area (Å²) in [6.45, 7) is 17.4. The van der Waals surface area contributed by atoms with Crippen LogP contribution in [0.25, 0.3) is 0 Å². The van der Waals surface area contributed by atoms with Gasteiger partial charge < -0.3 is 15.5 Å². The van der Waals surface area contributed by atoms with Gasteiger partial charge in [0.1, 0.15) is 0 Å². The molecule has 0 aromatic heterocycles. The molecule has 2 N–H and O–H groups in total. The minimum absolute atomic E-state index is 0.285. The Labute approximate surface area is 125 Å². The quantitative estimate of drug-likeness (QED) is 0.818. The minimum atomic E-state index is 0.285. The lowest BCUT2D eigenvalue weighted by atomic mass is 9.84. The van der Waals surface area contributed by atoms with E-state index in [2.05, 4.69) is 35.5 Å². The fourth-order valence-electron chi connectivity index (χ4n) is 3.86. The smallest absolute Gasteiger partial charge is 0.0357 e. The first-order chi connectivity index (χ1) is 9.59. The number of piperidine rings is 1. The highest BCUT2D eigenvalue weighted by Gasteiger charge is 2.39.